The number of carbonyl (C=O) groups excluding carboxylic acids is 2. The van der Waals surface area contributed by atoms with Crippen molar-refractivity contribution in [3.8, 4) is 0 Å². The standard InChI is InChI=1S/C15H21N3O2S/c1-11-4-5-13(21-11)15(20)17-7-2-3-12(10-17)18-8-6-16-9-14(18)19/h4-5,12,16H,2-3,6-10H2,1H3. The maximum Gasteiger partial charge on any atom is 0.263 e. The van der Waals surface area contributed by atoms with Crippen molar-refractivity contribution in [2.45, 2.75) is 25.8 Å². The number of rotatable bonds is 2. The van der Waals surface area contributed by atoms with Gasteiger partial charge in [0.2, 0.25) is 5.91 Å². The van der Waals surface area contributed by atoms with E-state index >= 15 is 0 Å². The molecular weight excluding hydrogens is 286 g/mol. The fourth-order valence-corrected chi connectivity index (χ4v) is 3.94. The van der Waals surface area contributed by atoms with Crippen molar-refractivity contribution in [3.63, 3.8) is 0 Å². The van der Waals surface area contributed by atoms with Crippen LogP contribution in [0.4, 0.5) is 0 Å². The number of piperidine rings is 1. The summed E-state index contributed by atoms with van der Waals surface area (Å²) in [6.45, 7) is 5.51. The first kappa shape index (κ1) is 14.5. The molecule has 0 radical (unpaired) electrons. The molecule has 1 unspecified atom stereocenters. The molecule has 3 rings (SSSR count). The van der Waals surface area contributed by atoms with E-state index in [4.69, 9.17) is 0 Å². The van der Waals surface area contributed by atoms with Gasteiger partial charge in [-0.15, -0.1) is 11.3 Å². The Morgan fingerprint density at radius 1 is 1.38 bits per heavy atom. The van der Waals surface area contributed by atoms with Crippen LogP contribution in [0.1, 0.15) is 27.4 Å². The number of likely N-dealkylation sites (tertiary alicyclic amines) is 1. The monoisotopic (exact) mass is 307 g/mol. The van der Waals surface area contributed by atoms with E-state index in [-0.39, 0.29) is 17.9 Å². The molecular formula is C15H21N3O2S. The lowest BCUT2D eigenvalue weighted by atomic mass is 10.0. The van der Waals surface area contributed by atoms with Gasteiger partial charge < -0.3 is 15.1 Å². The molecule has 1 N–H and O–H groups in total. The van der Waals surface area contributed by atoms with E-state index in [1.54, 1.807) is 11.3 Å². The van der Waals surface area contributed by atoms with E-state index in [1.807, 2.05) is 28.9 Å². The van der Waals surface area contributed by atoms with Gasteiger partial charge >= 0.3 is 0 Å². The summed E-state index contributed by atoms with van der Waals surface area (Å²) < 4.78 is 0. The fourth-order valence-electron chi connectivity index (χ4n) is 3.11. The maximum absolute atomic E-state index is 12.5. The molecule has 2 saturated heterocycles. The summed E-state index contributed by atoms with van der Waals surface area (Å²) in [7, 11) is 0. The molecule has 5 nitrogen and oxygen atoms in total. The zero-order valence-electron chi connectivity index (χ0n) is 12.3. The van der Waals surface area contributed by atoms with Crippen molar-refractivity contribution in [2.75, 3.05) is 32.7 Å². The van der Waals surface area contributed by atoms with Crippen LogP contribution in [0.3, 0.4) is 0 Å². The van der Waals surface area contributed by atoms with Crippen LogP contribution in [0.15, 0.2) is 12.1 Å². The molecule has 21 heavy (non-hydrogen) atoms. The fraction of sp³-hybridized carbons (Fsp3) is 0.600. The first-order chi connectivity index (χ1) is 10.1. The quantitative estimate of drug-likeness (QED) is 0.890. The van der Waals surface area contributed by atoms with Crippen LogP contribution in [0.25, 0.3) is 0 Å². The highest BCUT2D eigenvalue weighted by Crippen LogP contribution is 2.22. The molecule has 0 bridgehead atoms. The lowest BCUT2D eigenvalue weighted by Crippen LogP contribution is -2.57. The molecule has 114 valence electrons. The molecule has 1 aromatic rings. The van der Waals surface area contributed by atoms with Gasteiger partial charge in [-0.05, 0) is 31.9 Å². The van der Waals surface area contributed by atoms with Gasteiger partial charge in [0.15, 0.2) is 0 Å². The van der Waals surface area contributed by atoms with Gasteiger partial charge in [0.05, 0.1) is 11.4 Å². The predicted molar refractivity (Wildman–Crippen MR) is 82.6 cm³/mol. The number of amides is 2. The maximum atomic E-state index is 12.5. The van der Waals surface area contributed by atoms with E-state index in [0.717, 1.165) is 42.2 Å². The summed E-state index contributed by atoms with van der Waals surface area (Å²) in [5.41, 5.74) is 0. The van der Waals surface area contributed by atoms with Crippen LogP contribution in [-0.4, -0.2) is 60.4 Å². The summed E-state index contributed by atoms with van der Waals surface area (Å²) >= 11 is 1.55. The molecule has 2 amide bonds. The third-order valence-corrected chi connectivity index (χ3v) is 5.19. The highest BCUT2D eigenvalue weighted by atomic mass is 32.1. The van der Waals surface area contributed by atoms with Crippen LogP contribution < -0.4 is 5.32 Å². The number of aryl methyl sites for hydroxylation is 1. The number of thiophene rings is 1. The second-order valence-electron chi connectivity index (χ2n) is 5.72. The molecule has 1 aromatic heterocycles. The zero-order valence-corrected chi connectivity index (χ0v) is 13.1. The van der Waals surface area contributed by atoms with Gasteiger partial charge in [-0.1, -0.05) is 0 Å². The third-order valence-electron chi connectivity index (χ3n) is 4.20. The minimum atomic E-state index is 0.111. The molecule has 0 aliphatic carbocycles. The van der Waals surface area contributed by atoms with E-state index in [1.165, 1.54) is 0 Å². The number of nitrogens with one attached hydrogen (secondary N) is 1. The van der Waals surface area contributed by atoms with E-state index in [9.17, 15) is 9.59 Å². The summed E-state index contributed by atoms with van der Waals surface area (Å²) in [4.78, 5) is 30.4. The Hall–Kier alpha value is -1.40. The topological polar surface area (TPSA) is 52.7 Å². The van der Waals surface area contributed by atoms with E-state index in [2.05, 4.69) is 5.32 Å². The Morgan fingerprint density at radius 2 is 2.24 bits per heavy atom. The molecule has 0 spiro atoms. The number of hydrogen-bond donors (Lipinski definition) is 1. The van der Waals surface area contributed by atoms with Gasteiger partial charge in [-0.3, -0.25) is 9.59 Å². The van der Waals surface area contributed by atoms with Gasteiger partial charge in [0.25, 0.3) is 5.91 Å². The van der Waals surface area contributed by atoms with Gasteiger partial charge in [0.1, 0.15) is 0 Å². The number of piperazine rings is 1. The van der Waals surface area contributed by atoms with Gasteiger partial charge in [0, 0.05) is 37.1 Å². The van der Waals surface area contributed by atoms with Gasteiger partial charge in [-0.25, -0.2) is 0 Å². The number of hydrogen-bond acceptors (Lipinski definition) is 4. The molecule has 6 heteroatoms. The van der Waals surface area contributed by atoms with Crippen molar-refractivity contribution >= 4 is 23.2 Å². The minimum absolute atomic E-state index is 0.111. The molecule has 0 aromatic carbocycles. The van der Waals surface area contributed by atoms with E-state index in [0.29, 0.717) is 13.1 Å². The second kappa shape index (κ2) is 6.15. The summed E-state index contributed by atoms with van der Waals surface area (Å²) in [6.07, 6.45) is 1.97. The molecule has 2 aliphatic heterocycles. The predicted octanol–water partition coefficient (Wildman–Crippen LogP) is 1.09. The van der Waals surface area contributed by atoms with Gasteiger partial charge in [-0.2, -0.15) is 0 Å². The highest BCUT2D eigenvalue weighted by molar-refractivity contribution is 7.13. The van der Waals surface area contributed by atoms with Crippen LogP contribution in [0.5, 0.6) is 0 Å². The molecule has 2 aliphatic rings. The number of carbonyl (C=O) groups is 2. The zero-order chi connectivity index (χ0) is 14.8. The Morgan fingerprint density at radius 3 is 2.95 bits per heavy atom. The van der Waals surface area contributed by atoms with Crippen LogP contribution in [0.2, 0.25) is 0 Å². The normalized spacial score (nSPS) is 23.5. The van der Waals surface area contributed by atoms with Crippen LogP contribution >= 0.6 is 11.3 Å². The van der Waals surface area contributed by atoms with Crippen molar-refractivity contribution < 1.29 is 9.59 Å². The Kier molecular flexibility index (Phi) is 4.26. The molecule has 1 atom stereocenters. The van der Waals surface area contributed by atoms with Crippen LogP contribution in [0, 0.1) is 6.92 Å². The first-order valence-electron chi connectivity index (χ1n) is 7.51. The average Bonchev–Trinajstić information content (AvgIpc) is 2.94. The molecule has 0 saturated carbocycles. The third kappa shape index (κ3) is 3.11. The van der Waals surface area contributed by atoms with Crippen molar-refractivity contribution in [2.24, 2.45) is 0 Å². The lowest BCUT2D eigenvalue weighted by molar-refractivity contribution is -0.135. The number of nitrogens with zero attached hydrogens (tertiary/aromatic N) is 2. The second-order valence-corrected chi connectivity index (χ2v) is 7.01. The Labute approximate surface area is 128 Å². The molecule has 3 heterocycles. The van der Waals surface area contributed by atoms with E-state index < -0.39 is 0 Å². The largest absolute Gasteiger partial charge is 0.336 e. The first-order valence-corrected chi connectivity index (χ1v) is 8.32. The highest BCUT2D eigenvalue weighted by Gasteiger charge is 2.32. The van der Waals surface area contributed by atoms with Crippen molar-refractivity contribution in [3.05, 3.63) is 21.9 Å². The summed E-state index contributed by atoms with van der Waals surface area (Å²) in [6, 6.07) is 4.07. The Balaban J connectivity index is 1.68. The smallest absolute Gasteiger partial charge is 0.263 e. The average molecular weight is 307 g/mol. The SMILES string of the molecule is Cc1ccc(C(=O)N2CCCC(N3CCNCC3=O)C2)s1. The van der Waals surface area contributed by atoms with Crippen molar-refractivity contribution in [1.82, 2.24) is 15.1 Å². The molecule has 2 fully saturated rings. The Bertz CT molecular complexity index is 543. The van der Waals surface area contributed by atoms with Crippen LogP contribution in [-0.2, 0) is 4.79 Å². The summed E-state index contributed by atoms with van der Waals surface area (Å²) in [5, 5.41) is 3.10. The lowest BCUT2D eigenvalue weighted by Gasteiger charge is -2.41. The summed E-state index contributed by atoms with van der Waals surface area (Å²) in [5.74, 6) is 0.271. The minimum Gasteiger partial charge on any atom is -0.336 e. The van der Waals surface area contributed by atoms with Crippen molar-refractivity contribution in [1.29, 1.82) is 0 Å².